The van der Waals surface area contributed by atoms with Crippen molar-refractivity contribution in [3.8, 4) is 0 Å². The fourth-order valence-electron chi connectivity index (χ4n) is 0. The van der Waals surface area contributed by atoms with E-state index in [1.807, 2.05) is 0 Å². The monoisotopic (exact) mass is 634 g/mol. The van der Waals surface area contributed by atoms with Gasteiger partial charge in [0.05, 0.1) is 0 Å². The van der Waals surface area contributed by atoms with E-state index in [2.05, 4.69) is 0 Å². The maximum absolute atomic E-state index is 0. The van der Waals surface area contributed by atoms with Crippen molar-refractivity contribution in [3.05, 3.63) is 49.2 Å². The van der Waals surface area contributed by atoms with Gasteiger partial charge in [0.15, 0.2) is 52.1 Å². The molecule has 0 aromatic heterocycles. The van der Waals surface area contributed by atoms with Gasteiger partial charge in [0.25, 0.3) is 0 Å². The molecule has 8 nitrogen and oxygen atoms in total. The zero-order valence-electron chi connectivity index (χ0n) is 8.08. The summed E-state index contributed by atoms with van der Waals surface area (Å²) in [6.45, 7) is 0. The van der Waals surface area contributed by atoms with Crippen molar-refractivity contribution >= 4 is 52.1 Å². The van der Waals surface area contributed by atoms with E-state index in [0.717, 1.165) is 0 Å². The van der Waals surface area contributed by atoms with Gasteiger partial charge >= 0.3 is 130 Å². The van der Waals surface area contributed by atoms with Gasteiger partial charge in [-0.2, -0.15) is 0 Å². The predicted molar refractivity (Wildman–Crippen MR) is 56.7 cm³/mol. The fraction of sp³-hybridized carbons (Fsp3) is 0. The first-order valence-corrected chi connectivity index (χ1v) is 0. The van der Waals surface area contributed by atoms with Gasteiger partial charge in [0.2, 0.25) is 0 Å². The molecule has 0 aliphatic carbocycles. The van der Waals surface area contributed by atoms with Crippen LogP contribution in [0.1, 0.15) is 0 Å². The molecule has 20 heteroatoms. The van der Waals surface area contributed by atoms with Crippen LogP contribution in [0.5, 0.6) is 0 Å². The van der Waals surface area contributed by atoms with Crippen molar-refractivity contribution in [2.24, 2.45) is 0 Å². The molecular formula is H9Al3N8Ti9. The maximum Gasteiger partial charge on any atom is 4.00 e. The second-order valence-corrected chi connectivity index (χ2v) is 0. The molecule has 0 N–H and O–H groups in total. The van der Waals surface area contributed by atoms with Crippen LogP contribution in [0.25, 0.3) is 49.2 Å². The SMILES string of the molecule is [AlH3].[AlH3].[AlH3].[N-3].[N-3].[N-3].[N-3].[N-3].[N-3].[N-3].[N-3].[Ti+4].[Ti+4].[Ti+4].[Ti+4].[Ti+4].[Ti+4].[Ti].[Ti].[Ti]. The van der Waals surface area contributed by atoms with Crippen LogP contribution in [0.2, 0.25) is 0 Å². The van der Waals surface area contributed by atoms with E-state index in [-0.39, 0.29) is 297 Å². The predicted octanol–water partition coefficient (Wildman–Crippen LogP) is -1.26. The molecule has 0 aromatic rings. The summed E-state index contributed by atoms with van der Waals surface area (Å²) in [7, 11) is 0. The molecule has 0 spiro atoms. The van der Waals surface area contributed by atoms with Crippen molar-refractivity contribution in [3.63, 3.8) is 0 Å². The third-order valence-corrected chi connectivity index (χ3v) is 0. The first-order valence-electron chi connectivity index (χ1n) is 0. The Bertz CT molecular complexity index is 29.2. The molecule has 0 radical (unpaired) electrons. The van der Waals surface area contributed by atoms with Crippen molar-refractivity contribution in [2.75, 3.05) is 0 Å². The summed E-state index contributed by atoms with van der Waals surface area (Å²) in [5.41, 5.74) is 0. The van der Waals surface area contributed by atoms with Gasteiger partial charge in [-0.05, 0) is 0 Å². The Morgan fingerprint density at radius 2 is 0.200 bits per heavy atom. The summed E-state index contributed by atoms with van der Waals surface area (Å²) in [5.74, 6) is 0. The van der Waals surface area contributed by atoms with Gasteiger partial charge in [-0.25, -0.2) is 0 Å². The Morgan fingerprint density at radius 3 is 0.200 bits per heavy atom. The number of hydrogen-bond donors (Lipinski definition) is 0. The first kappa shape index (κ1) is 333. The van der Waals surface area contributed by atoms with Gasteiger partial charge in [0, 0.05) is 65.2 Å². The van der Waals surface area contributed by atoms with Gasteiger partial charge in [-0.15, -0.1) is 0 Å². The summed E-state index contributed by atoms with van der Waals surface area (Å²) in [4.78, 5) is 0. The molecule has 0 atom stereocenters. The molecule has 20 heavy (non-hydrogen) atoms. The van der Waals surface area contributed by atoms with Crippen molar-refractivity contribution in [1.29, 1.82) is 0 Å². The molecular weight excluding hydrogens is 624 g/mol. The zero-order valence-corrected chi connectivity index (χ0v) is 22.1. The van der Waals surface area contributed by atoms with Crippen LogP contribution in [-0.2, 0) is 195 Å². The van der Waals surface area contributed by atoms with Crippen LogP contribution >= 0.6 is 0 Å². The van der Waals surface area contributed by atoms with E-state index < -0.39 is 0 Å². The van der Waals surface area contributed by atoms with Crippen LogP contribution in [0.3, 0.4) is 0 Å². The third kappa shape index (κ3) is 264. The molecule has 0 saturated carbocycles. The molecule has 0 aliphatic rings. The molecule has 94 valence electrons. The molecule has 0 amide bonds. The summed E-state index contributed by atoms with van der Waals surface area (Å²) < 4.78 is 0. The minimum absolute atomic E-state index is 0. The van der Waals surface area contributed by atoms with E-state index in [9.17, 15) is 0 Å². The topological polar surface area (TPSA) is 244 Å². The Kier molecular flexibility index (Phi) is 4940. The van der Waals surface area contributed by atoms with Crippen LogP contribution in [-0.4, -0.2) is 52.1 Å². The molecule has 0 saturated heterocycles. The molecule has 0 aliphatic heterocycles. The average molecular weight is 633 g/mol. The summed E-state index contributed by atoms with van der Waals surface area (Å²) >= 11 is 0. The molecule has 0 aromatic carbocycles. The summed E-state index contributed by atoms with van der Waals surface area (Å²) in [6, 6.07) is 0. The molecule has 0 rings (SSSR count). The smallest absolute Gasteiger partial charge is 3.00 e. The fourth-order valence-corrected chi connectivity index (χ4v) is 0. The Hall–Kier alpha value is 7.71. The van der Waals surface area contributed by atoms with Crippen molar-refractivity contribution in [1.82, 2.24) is 0 Å². The minimum Gasteiger partial charge on any atom is -3.00 e. The van der Waals surface area contributed by atoms with E-state index in [4.69, 9.17) is 0 Å². The number of hydrogen-bond acceptors (Lipinski definition) is 0. The maximum atomic E-state index is 0. The summed E-state index contributed by atoms with van der Waals surface area (Å²) in [6.07, 6.45) is 0. The Morgan fingerprint density at radius 1 is 0.200 bits per heavy atom. The second-order valence-electron chi connectivity index (χ2n) is 0. The average Bonchev–Trinajstić information content (AvgIpc) is 0. The first-order chi connectivity index (χ1) is 0. The van der Waals surface area contributed by atoms with E-state index in [1.54, 1.807) is 0 Å². The van der Waals surface area contributed by atoms with E-state index in [1.165, 1.54) is 0 Å². The molecule has 0 fully saturated rings. The molecule has 0 unspecified atom stereocenters. The second kappa shape index (κ2) is 297. The van der Waals surface area contributed by atoms with E-state index in [0.29, 0.717) is 0 Å². The molecule has 0 bridgehead atoms. The van der Waals surface area contributed by atoms with Crippen LogP contribution in [0, 0.1) is 0 Å². The quantitative estimate of drug-likeness (QED) is 0.284. The standard InChI is InChI=1S/3Al.8N.9Ti.9H/q;;;8*-3;;;;6*+4;;;;;;;;;. The van der Waals surface area contributed by atoms with E-state index >= 15 is 0 Å². The Balaban J connectivity index is 0. The van der Waals surface area contributed by atoms with Gasteiger partial charge in [-0.3, -0.25) is 0 Å². The van der Waals surface area contributed by atoms with Crippen molar-refractivity contribution < 1.29 is 195 Å². The van der Waals surface area contributed by atoms with Crippen LogP contribution in [0.4, 0.5) is 0 Å². The van der Waals surface area contributed by atoms with Gasteiger partial charge < -0.3 is 49.2 Å². The van der Waals surface area contributed by atoms with Crippen LogP contribution < -0.4 is 0 Å². The van der Waals surface area contributed by atoms with Crippen molar-refractivity contribution in [2.45, 2.75) is 0 Å². The van der Waals surface area contributed by atoms with Gasteiger partial charge in [0.1, 0.15) is 0 Å². The molecule has 0 heterocycles. The zero-order chi connectivity index (χ0) is 0. The normalized spacial score (nSPS) is 0. The largest absolute Gasteiger partial charge is 4.00 e. The third-order valence-electron chi connectivity index (χ3n) is 0. The van der Waals surface area contributed by atoms with Crippen LogP contribution in [0.15, 0.2) is 0 Å². The van der Waals surface area contributed by atoms with Gasteiger partial charge in [-0.1, -0.05) is 0 Å². The summed E-state index contributed by atoms with van der Waals surface area (Å²) in [5, 5.41) is 0. The number of rotatable bonds is 0. The minimum atomic E-state index is 0. The Labute approximate surface area is 290 Å². The number of nitrogens with zero attached hydrogens (tertiary/aromatic N) is 8.